The summed E-state index contributed by atoms with van der Waals surface area (Å²) in [6.07, 6.45) is 2.70. The predicted octanol–water partition coefficient (Wildman–Crippen LogP) is 1.97. The first-order valence-corrected chi connectivity index (χ1v) is 6.61. The van der Waals surface area contributed by atoms with Gasteiger partial charge in [0.1, 0.15) is 11.4 Å². The number of pyridine rings is 1. The number of hydrogen-bond acceptors (Lipinski definition) is 6. The number of nitrogen functional groups attached to an aromatic ring is 3. The van der Waals surface area contributed by atoms with Crippen LogP contribution in [-0.4, -0.2) is 15.0 Å². The van der Waals surface area contributed by atoms with Gasteiger partial charge >= 0.3 is 0 Å². The minimum absolute atomic E-state index is 0.122. The molecule has 0 atom stereocenters. The largest absolute Gasteiger partial charge is 0.394 e. The highest BCUT2D eigenvalue weighted by molar-refractivity contribution is 5.82. The van der Waals surface area contributed by atoms with Gasteiger partial charge in [0.15, 0.2) is 5.82 Å². The molecule has 0 bridgehead atoms. The van der Waals surface area contributed by atoms with E-state index in [0.717, 1.165) is 23.2 Å². The van der Waals surface area contributed by atoms with Crippen LogP contribution in [0.5, 0.6) is 0 Å². The Morgan fingerprint density at radius 2 is 1.85 bits per heavy atom. The topological polar surface area (TPSA) is 117 Å². The van der Waals surface area contributed by atoms with E-state index in [4.69, 9.17) is 17.2 Å². The van der Waals surface area contributed by atoms with Gasteiger partial charge in [-0.2, -0.15) is 4.98 Å². The SMILES string of the molecule is CCc1cc(-c2nc(N)nc(N)c2N)c(C(C)C)cn1. The second kappa shape index (κ2) is 5.32. The second-order valence-electron chi connectivity index (χ2n) is 5.00. The normalized spacial score (nSPS) is 11.0. The monoisotopic (exact) mass is 272 g/mol. The summed E-state index contributed by atoms with van der Waals surface area (Å²) >= 11 is 0. The van der Waals surface area contributed by atoms with Gasteiger partial charge in [0.05, 0.1) is 0 Å². The molecular weight excluding hydrogens is 252 g/mol. The molecule has 0 aliphatic carbocycles. The van der Waals surface area contributed by atoms with Gasteiger partial charge in [0.25, 0.3) is 0 Å². The fraction of sp³-hybridized carbons (Fsp3) is 0.357. The Morgan fingerprint density at radius 3 is 2.45 bits per heavy atom. The van der Waals surface area contributed by atoms with Crippen LogP contribution in [0.2, 0.25) is 0 Å². The van der Waals surface area contributed by atoms with Gasteiger partial charge in [-0.1, -0.05) is 20.8 Å². The molecule has 2 aromatic heterocycles. The Balaban J connectivity index is 2.73. The molecule has 0 saturated carbocycles. The van der Waals surface area contributed by atoms with Gasteiger partial charge in [0.2, 0.25) is 5.95 Å². The zero-order chi connectivity index (χ0) is 14.9. The van der Waals surface area contributed by atoms with Crippen molar-refractivity contribution in [1.82, 2.24) is 15.0 Å². The Bertz CT molecular complexity index is 636. The molecule has 0 aliphatic rings. The zero-order valence-electron chi connectivity index (χ0n) is 12.0. The Kier molecular flexibility index (Phi) is 3.74. The van der Waals surface area contributed by atoms with Crippen LogP contribution in [0.3, 0.4) is 0 Å². The zero-order valence-corrected chi connectivity index (χ0v) is 12.0. The highest BCUT2D eigenvalue weighted by atomic mass is 15.1. The average molecular weight is 272 g/mol. The molecule has 6 nitrogen and oxygen atoms in total. The molecule has 0 amide bonds. The first-order valence-electron chi connectivity index (χ1n) is 6.61. The lowest BCUT2D eigenvalue weighted by molar-refractivity contribution is 0.852. The number of nitrogens with two attached hydrogens (primary N) is 3. The third-order valence-electron chi connectivity index (χ3n) is 3.22. The molecule has 6 N–H and O–H groups in total. The quantitative estimate of drug-likeness (QED) is 0.786. The molecule has 0 radical (unpaired) electrons. The minimum atomic E-state index is 0.122. The summed E-state index contributed by atoms with van der Waals surface area (Å²) < 4.78 is 0. The maximum atomic E-state index is 6.02. The van der Waals surface area contributed by atoms with Crippen LogP contribution in [0.4, 0.5) is 17.5 Å². The molecule has 0 saturated heterocycles. The molecule has 2 rings (SSSR count). The molecule has 106 valence electrons. The lowest BCUT2D eigenvalue weighted by Gasteiger charge is -2.15. The number of hydrogen-bond donors (Lipinski definition) is 3. The van der Waals surface area contributed by atoms with E-state index in [1.54, 1.807) is 0 Å². The van der Waals surface area contributed by atoms with Crippen LogP contribution < -0.4 is 17.2 Å². The van der Waals surface area contributed by atoms with Gasteiger partial charge < -0.3 is 17.2 Å². The van der Waals surface area contributed by atoms with Crippen LogP contribution in [0.1, 0.15) is 37.9 Å². The van der Waals surface area contributed by atoms with Crippen molar-refractivity contribution in [3.8, 4) is 11.3 Å². The van der Waals surface area contributed by atoms with Crippen molar-refractivity contribution >= 4 is 17.5 Å². The van der Waals surface area contributed by atoms with Crippen molar-refractivity contribution in [3.63, 3.8) is 0 Å². The fourth-order valence-electron chi connectivity index (χ4n) is 2.08. The standard InChI is InChI=1S/C14H20N6/c1-4-8-5-9(10(6-18-8)7(2)3)12-11(15)13(16)20-14(17)19-12/h5-7H,4,15H2,1-3H3,(H4,16,17,19,20). The van der Waals surface area contributed by atoms with Crippen molar-refractivity contribution in [2.45, 2.75) is 33.1 Å². The summed E-state index contributed by atoms with van der Waals surface area (Å²) in [6.45, 7) is 6.24. The Labute approximate surface area is 118 Å². The molecule has 20 heavy (non-hydrogen) atoms. The first kappa shape index (κ1) is 14.0. The average Bonchev–Trinajstić information content (AvgIpc) is 2.42. The molecule has 0 unspecified atom stereocenters. The first-order chi connectivity index (χ1) is 9.43. The van der Waals surface area contributed by atoms with E-state index < -0.39 is 0 Å². The van der Waals surface area contributed by atoms with Crippen LogP contribution >= 0.6 is 0 Å². The lowest BCUT2D eigenvalue weighted by Crippen LogP contribution is -2.08. The van der Waals surface area contributed by atoms with Crippen molar-refractivity contribution in [1.29, 1.82) is 0 Å². The van der Waals surface area contributed by atoms with Gasteiger partial charge in [-0.3, -0.25) is 4.98 Å². The third-order valence-corrected chi connectivity index (χ3v) is 3.22. The molecule has 6 heteroatoms. The molecule has 2 aromatic rings. The number of nitrogens with zero attached hydrogens (tertiary/aromatic N) is 3. The summed E-state index contributed by atoms with van der Waals surface area (Å²) in [5.74, 6) is 0.619. The van der Waals surface area contributed by atoms with Gasteiger partial charge in [0, 0.05) is 17.5 Å². The number of aryl methyl sites for hydroxylation is 1. The van der Waals surface area contributed by atoms with Gasteiger partial charge in [-0.15, -0.1) is 0 Å². The summed E-state index contributed by atoms with van der Waals surface area (Å²) in [7, 11) is 0. The minimum Gasteiger partial charge on any atom is -0.394 e. The number of aromatic nitrogens is 3. The summed E-state index contributed by atoms with van der Waals surface area (Å²) in [5, 5.41) is 0. The lowest BCUT2D eigenvalue weighted by atomic mass is 9.95. The smallest absolute Gasteiger partial charge is 0.222 e. The Hall–Kier alpha value is -2.37. The molecule has 0 spiro atoms. The van der Waals surface area contributed by atoms with Crippen LogP contribution in [-0.2, 0) is 6.42 Å². The summed E-state index contributed by atoms with van der Waals surface area (Å²) in [4.78, 5) is 12.6. The highest BCUT2D eigenvalue weighted by Crippen LogP contribution is 2.33. The van der Waals surface area contributed by atoms with E-state index in [0.29, 0.717) is 17.3 Å². The van der Waals surface area contributed by atoms with Crippen LogP contribution in [0.15, 0.2) is 12.3 Å². The maximum Gasteiger partial charge on any atom is 0.222 e. The molecular formula is C14H20N6. The molecule has 0 aliphatic heterocycles. The number of anilines is 3. The molecule has 0 fully saturated rings. The van der Waals surface area contributed by atoms with E-state index in [9.17, 15) is 0 Å². The van der Waals surface area contributed by atoms with Gasteiger partial charge in [-0.25, -0.2) is 4.98 Å². The van der Waals surface area contributed by atoms with Crippen molar-refractivity contribution in [2.24, 2.45) is 0 Å². The van der Waals surface area contributed by atoms with E-state index in [2.05, 4.69) is 28.8 Å². The van der Waals surface area contributed by atoms with E-state index in [-0.39, 0.29) is 11.8 Å². The maximum absolute atomic E-state index is 6.02. The molecule has 0 aromatic carbocycles. The van der Waals surface area contributed by atoms with E-state index in [1.807, 2.05) is 19.2 Å². The summed E-state index contributed by atoms with van der Waals surface area (Å²) in [5.41, 5.74) is 21.4. The Morgan fingerprint density at radius 1 is 1.15 bits per heavy atom. The molecule has 2 heterocycles. The summed E-state index contributed by atoms with van der Waals surface area (Å²) in [6, 6.07) is 1.99. The highest BCUT2D eigenvalue weighted by Gasteiger charge is 2.16. The fourth-order valence-corrected chi connectivity index (χ4v) is 2.08. The van der Waals surface area contributed by atoms with Crippen molar-refractivity contribution in [3.05, 3.63) is 23.5 Å². The predicted molar refractivity (Wildman–Crippen MR) is 82.0 cm³/mol. The van der Waals surface area contributed by atoms with E-state index in [1.165, 1.54) is 0 Å². The third kappa shape index (κ3) is 2.49. The number of rotatable bonds is 3. The van der Waals surface area contributed by atoms with Crippen molar-refractivity contribution in [2.75, 3.05) is 17.2 Å². The van der Waals surface area contributed by atoms with Crippen molar-refractivity contribution < 1.29 is 0 Å². The van der Waals surface area contributed by atoms with E-state index >= 15 is 0 Å². The van der Waals surface area contributed by atoms with Gasteiger partial charge in [-0.05, 0) is 24.0 Å². The van der Waals surface area contributed by atoms with Crippen LogP contribution in [0, 0.1) is 0 Å². The second-order valence-corrected chi connectivity index (χ2v) is 5.00. The van der Waals surface area contributed by atoms with Crippen LogP contribution in [0.25, 0.3) is 11.3 Å².